The summed E-state index contributed by atoms with van der Waals surface area (Å²) >= 11 is 0. The summed E-state index contributed by atoms with van der Waals surface area (Å²) in [4.78, 5) is 11.9. The SMILES string of the molecule is O=C(CC1CC2CCC(C1)N2)c1ccoc1. The van der Waals surface area contributed by atoms with Gasteiger partial charge in [-0.25, -0.2) is 0 Å². The van der Waals surface area contributed by atoms with E-state index in [2.05, 4.69) is 5.32 Å². The molecule has 0 aliphatic carbocycles. The number of furan rings is 1. The van der Waals surface area contributed by atoms with Gasteiger partial charge in [-0.15, -0.1) is 0 Å². The van der Waals surface area contributed by atoms with Crippen LogP contribution in [0.15, 0.2) is 23.0 Å². The van der Waals surface area contributed by atoms with Crippen LogP contribution in [0.3, 0.4) is 0 Å². The molecule has 3 nitrogen and oxygen atoms in total. The fourth-order valence-electron chi connectivity index (χ4n) is 3.14. The third kappa shape index (κ3) is 1.92. The minimum absolute atomic E-state index is 0.236. The Hall–Kier alpha value is -1.09. The van der Waals surface area contributed by atoms with Crippen molar-refractivity contribution in [3.8, 4) is 0 Å². The second-order valence-electron chi connectivity index (χ2n) is 5.11. The molecule has 0 radical (unpaired) electrons. The summed E-state index contributed by atoms with van der Waals surface area (Å²) in [6.07, 6.45) is 8.73. The zero-order valence-corrected chi connectivity index (χ0v) is 9.32. The van der Waals surface area contributed by atoms with Gasteiger partial charge in [-0.05, 0) is 37.7 Å². The van der Waals surface area contributed by atoms with Crippen molar-refractivity contribution in [2.75, 3.05) is 0 Å². The Bertz CT molecular complexity index is 359. The van der Waals surface area contributed by atoms with Crippen molar-refractivity contribution >= 4 is 5.78 Å². The summed E-state index contributed by atoms with van der Waals surface area (Å²) in [5.74, 6) is 0.807. The molecule has 16 heavy (non-hydrogen) atoms. The third-order valence-corrected chi connectivity index (χ3v) is 3.89. The second kappa shape index (κ2) is 4.06. The van der Waals surface area contributed by atoms with Crippen molar-refractivity contribution in [1.82, 2.24) is 5.32 Å². The molecule has 0 amide bonds. The van der Waals surface area contributed by atoms with E-state index in [-0.39, 0.29) is 5.78 Å². The van der Waals surface area contributed by atoms with E-state index in [1.54, 1.807) is 18.6 Å². The third-order valence-electron chi connectivity index (χ3n) is 3.89. The number of fused-ring (bicyclic) bond motifs is 2. The number of rotatable bonds is 3. The largest absolute Gasteiger partial charge is 0.472 e. The maximum Gasteiger partial charge on any atom is 0.166 e. The fourth-order valence-corrected chi connectivity index (χ4v) is 3.14. The number of hydrogen-bond acceptors (Lipinski definition) is 3. The van der Waals surface area contributed by atoms with Gasteiger partial charge >= 0.3 is 0 Å². The molecule has 2 atom stereocenters. The van der Waals surface area contributed by atoms with Gasteiger partial charge in [0.2, 0.25) is 0 Å². The Morgan fingerprint density at radius 3 is 2.75 bits per heavy atom. The van der Waals surface area contributed by atoms with Crippen LogP contribution in [0.1, 0.15) is 42.5 Å². The van der Waals surface area contributed by atoms with Crippen molar-refractivity contribution in [2.24, 2.45) is 5.92 Å². The van der Waals surface area contributed by atoms with Crippen molar-refractivity contribution in [3.05, 3.63) is 24.2 Å². The highest BCUT2D eigenvalue weighted by Crippen LogP contribution is 2.33. The van der Waals surface area contributed by atoms with Crippen LogP contribution < -0.4 is 5.32 Å². The smallest absolute Gasteiger partial charge is 0.166 e. The van der Waals surface area contributed by atoms with Crippen LogP contribution in [-0.4, -0.2) is 17.9 Å². The van der Waals surface area contributed by atoms with Gasteiger partial charge in [0, 0.05) is 18.5 Å². The number of carbonyl (C=O) groups is 1. The van der Waals surface area contributed by atoms with E-state index >= 15 is 0 Å². The molecule has 2 aliphatic heterocycles. The Morgan fingerprint density at radius 2 is 2.12 bits per heavy atom. The number of Topliss-reactive ketones (excluding diaryl/α,β-unsaturated/α-hetero) is 1. The summed E-state index contributed by atoms with van der Waals surface area (Å²) in [6.45, 7) is 0. The van der Waals surface area contributed by atoms with Crippen molar-refractivity contribution in [1.29, 1.82) is 0 Å². The summed E-state index contributed by atoms with van der Waals surface area (Å²) in [5.41, 5.74) is 0.728. The van der Waals surface area contributed by atoms with Gasteiger partial charge in [-0.2, -0.15) is 0 Å². The zero-order chi connectivity index (χ0) is 11.0. The fraction of sp³-hybridized carbons (Fsp3) is 0.615. The molecule has 86 valence electrons. The van der Waals surface area contributed by atoms with Crippen molar-refractivity contribution in [3.63, 3.8) is 0 Å². The van der Waals surface area contributed by atoms with Crippen LogP contribution in [-0.2, 0) is 0 Å². The molecule has 3 heteroatoms. The highest BCUT2D eigenvalue weighted by atomic mass is 16.3. The first-order valence-electron chi connectivity index (χ1n) is 6.12. The summed E-state index contributed by atoms with van der Waals surface area (Å²) < 4.78 is 4.95. The first-order valence-corrected chi connectivity index (χ1v) is 6.12. The number of ketones is 1. The molecule has 2 unspecified atom stereocenters. The van der Waals surface area contributed by atoms with Crippen molar-refractivity contribution < 1.29 is 9.21 Å². The molecule has 2 bridgehead atoms. The molecular weight excluding hydrogens is 202 g/mol. The minimum Gasteiger partial charge on any atom is -0.472 e. The van der Waals surface area contributed by atoms with Crippen LogP contribution in [0.4, 0.5) is 0 Å². The van der Waals surface area contributed by atoms with Gasteiger partial charge in [-0.3, -0.25) is 4.79 Å². The Balaban J connectivity index is 1.61. The molecular formula is C13H17NO2. The monoisotopic (exact) mass is 219 g/mol. The average molecular weight is 219 g/mol. The van der Waals surface area contributed by atoms with Crippen LogP contribution >= 0.6 is 0 Å². The average Bonchev–Trinajstić information content (AvgIpc) is 2.88. The number of nitrogens with one attached hydrogen (secondary N) is 1. The molecule has 2 saturated heterocycles. The lowest BCUT2D eigenvalue weighted by molar-refractivity contribution is 0.0945. The summed E-state index contributed by atoms with van der Waals surface area (Å²) in [7, 11) is 0. The highest BCUT2D eigenvalue weighted by Gasteiger charge is 2.34. The lowest BCUT2D eigenvalue weighted by Crippen LogP contribution is -2.38. The first kappa shape index (κ1) is 10.1. The van der Waals surface area contributed by atoms with E-state index < -0.39 is 0 Å². The topological polar surface area (TPSA) is 42.2 Å². The summed E-state index contributed by atoms with van der Waals surface area (Å²) in [6, 6.07) is 3.10. The Labute approximate surface area is 95.2 Å². The van der Waals surface area contributed by atoms with Crippen LogP contribution in [0.25, 0.3) is 0 Å². The number of piperidine rings is 1. The lowest BCUT2D eigenvalue weighted by Gasteiger charge is -2.28. The van der Waals surface area contributed by atoms with Gasteiger partial charge in [0.1, 0.15) is 6.26 Å². The number of hydrogen-bond donors (Lipinski definition) is 1. The molecule has 2 fully saturated rings. The predicted octanol–water partition coefficient (Wildman–Crippen LogP) is 2.38. The van der Waals surface area contributed by atoms with Crippen molar-refractivity contribution in [2.45, 2.75) is 44.2 Å². The molecule has 3 heterocycles. The van der Waals surface area contributed by atoms with E-state index in [9.17, 15) is 4.79 Å². The van der Waals surface area contributed by atoms with Gasteiger partial charge in [0.15, 0.2) is 5.78 Å². The Morgan fingerprint density at radius 1 is 1.38 bits per heavy atom. The normalized spacial score (nSPS) is 32.9. The first-order chi connectivity index (χ1) is 7.81. The van der Waals surface area contributed by atoms with E-state index in [0.717, 1.165) is 5.56 Å². The minimum atomic E-state index is 0.236. The highest BCUT2D eigenvalue weighted by molar-refractivity contribution is 5.95. The maximum atomic E-state index is 11.9. The molecule has 3 rings (SSSR count). The van der Waals surface area contributed by atoms with E-state index in [0.29, 0.717) is 24.4 Å². The van der Waals surface area contributed by atoms with Crippen LogP contribution in [0, 0.1) is 5.92 Å². The van der Waals surface area contributed by atoms with E-state index in [1.807, 2.05) is 0 Å². The quantitative estimate of drug-likeness (QED) is 0.794. The maximum absolute atomic E-state index is 11.9. The van der Waals surface area contributed by atoms with Gasteiger partial charge < -0.3 is 9.73 Å². The molecule has 2 aliphatic rings. The predicted molar refractivity (Wildman–Crippen MR) is 60.3 cm³/mol. The molecule has 1 N–H and O–H groups in total. The van der Waals surface area contributed by atoms with Gasteiger partial charge in [0.25, 0.3) is 0 Å². The molecule has 0 saturated carbocycles. The lowest BCUT2D eigenvalue weighted by atomic mass is 9.87. The molecule has 0 spiro atoms. The number of carbonyl (C=O) groups excluding carboxylic acids is 1. The standard InChI is InChI=1S/C13H17NO2/c15-13(10-3-4-16-8-10)7-9-5-11-1-2-12(6-9)14-11/h3-4,8-9,11-12,14H,1-2,5-7H2. The van der Waals surface area contributed by atoms with E-state index in [4.69, 9.17) is 4.42 Å². The molecule has 0 aromatic carbocycles. The summed E-state index contributed by atoms with van der Waals surface area (Å²) in [5, 5.41) is 3.60. The van der Waals surface area contributed by atoms with Crippen LogP contribution in [0.2, 0.25) is 0 Å². The van der Waals surface area contributed by atoms with Gasteiger partial charge in [0.05, 0.1) is 11.8 Å². The van der Waals surface area contributed by atoms with E-state index in [1.165, 1.54) is 25.7 Å². The Kier molecular flexibility index (Phi) is 2.56. The van der Waals surface area contributed by atoms with Gasteiger partial charge in [-0.1, -0.05) is 0 Å². The van der Waals surface area contributed by atoms with Crippen LogP contribution in [0.5, 0.6) is 0 Å². The zero-order valence-electron chi connectivity index (χ0n) is 9.32. The molecule has 1 aromatic rings. The molecule has 1 aromatic heterocycles. The second-order valence-corrected chi connectivity index (χ2v) is 5.11.